The van der Waals surface area contributed by atoms with Gasteiger partial charge in [0.2, 0.25) is 0 Å². The number of halogens is 1. The molecule has 2 aromatic rings. The predicted molar refractivity (Wildman–Crippen MR) is 74.0 cm³/mol. The molecule has 0 amide bonds. The van der Waals surface area contributed by atoms with Gasteiger partial charge in [0.25, 0.3) is 0 Å². The van der Waals surface area contributed by atoms with Gasteiger partial charge in [-0.05, 0) is 42.1 Å². The fourth-order valence-corrected chi connectivity index (χ4v) is 2.97. The molecule has 2 N–H and O–H groups in total. The van der Waals surface area contributed by atoms with E-state index in [-0.39, 0.29) is 0 Å². The van der Waals surface area contributed by atoms with Crippen molar-refractivity contribution >= 4 is 27.3 Å². The van der Waals surface area contributed by atoms with Crippen molar-refractivity contribution in [3.63, 3.8) is 0 Å². The molecule has 0 aliphatic rings. The lowest BCUT2D eigenvalue weighted by Gasteiger charge is -2.14. The zero-order valence-electron chi connectivity index (χ0n) is 8.90. The Labute approximate surface area is 108 Å². The molecule has 3 heteroatoms. The molecule has 0 fully saturated rings. The first-order valence-electron chi connectivity index (χ1n) is 5.27. The number of thiophene rings is 1. The topological polar surface area (TPSA) is 26.0 Å². The predicted octanol–water partition coefficient (Wildman–Crippen LogP) is 3.80. The fourth-order valence-electron chi connectivity index (χ4n) is 1.77. The Morgan fingerprint density at radius 3 is 2.75 bits per heavy atom. The van der Waals surface area contributed by atoms with Crippen LogP contribution in [0.15, 0.2) is 46.3 Å². The van der Waals surface area contributed by atoms with Crippen LogP contribution in [-0.2, 0) is 6.42 Å². The fraction of sp³-hybridized carbons (Fsp3) is 0.231. The molecule has 2 rings (SSSR count). The average Bonchev–Trinajstić information content (AvgIpc) is 2.78. The third kappa shape index (κ3) is 2.94. The quantitative estimate of drug-likeness (QED) is 0.912. The maximum atomic E-state index is 5.86. The number of hydrogen-bond donors (Lipinski definition) is 1. The standard InChI is InChI=1S/C13H14BrNS/c14-12-4-1-3-10(7-12)11(9-15)8-13-5-2-6-16-13/h1-7,11H,8-9,15H2. The van der Waals surface area contributed by atoms with E-state index in [1.165, 1.54) is 10.4 Å². The molecule has 0 bridgehead atoms. The molecule has 1 aromatic heterocycles. The van der Waals surface area contributed by atoms with Crippen LogP contribution in [0.5, 0.6) is 0 Å². The van der Waals surface area contributed by atoms with E-state index in [1.54, 1.807) is 11.3 Å². The molecule has 0 spiro atoms. The number of rotatable bonds is 4. The van der Waals surface area contributed by atoms with E-state index < -0.39 is 0 Å². The van der Waals surface area contributed by atoms with Crippen LogP contribution in [0.2, 0.25) is 0 Å². The summed E-state index contributed by atoms with van der Waals surface area (Å²) in [4.78, 5) is 1.40. The minimum atomic E-state index is 0.413. The van der Waals surface area contributed by atoms with Crippen molar-refractivity contribution in [3.8, 4) is 0 Å². The maximum absolute atomic E-state index is 5.86. The number of nitrogens with two attached hydrogens (primary N) is 1. The van der Waals surface area contributed by atoms with Gasteiger partial charge in [-0.3, -0.25) is 0 Å². The van der Waals surface area contributed by atoms with Gasteiger partial charge in [-0.25, -0.2) is 0 Å². The van der Waals surface area contributed by atoms with Gasteiger partial charge in [0.15, 0.2) is 0 Å². The molecule has 0 radical (unpaired) electrons. The van der Waals surface area contributed by atoms with Crippen LogP contribution in [0.1, 0.15) is 16.4 Å². The van der Waals surface area contributed by atoms with Crippen LogP contribution in [0.25, 0.3) is 0 Å². The molecule has 84 valence electrons. The largest absolute Gasteiger partial charge is 0.330 e. The zero-order chi connectivity index (χ0) is 11.4. The lowest BCUT2D eigenvalue weighted by Crippen LogP contribution is -2.14. The van der Waals surface area contributed by atoms with Gasteiger partial charge in [0.05, 0.1) is 0 Å². The third-order valence-corrected chi connectivity index (χ3v) is 4.02. The third-order valence-electron chi connectivity index (χ3n) is 2.63. The van der Waals surface area contributed by atoms with Gasteiger partial charge in [0.1, 0.15) is 0 Å². The summed E-state index contributed by atoms with van der Waals surface area (Å²) in [6.07, 6.45) is 1.03. The van der Waals surface area contributed by atoms with Crippen LogP contribution < -0.4 is 5.73 Å². The molecule has 1 atom stereocenters. The number of benzene rings is 1. The Balaban J connectivity index is 2.16. The van der Waals surface area contributed by atoms with E-state index in [1.807, 2.05) is 6.07 Å². The van der Waals surface area contributed by atoms with Crippen molar-refractivity contribution in [2.45, 2.75) is 12.3 Å². The number of hydrogen-bond acceptors (Lipinski definition) is 2. The Hall–Kier alpha value is -0.640. The molecule has 0 aliphatic carbocycles. The molecule has 0 aliphatic heterocycles. The molecule has 1 unspecified atom stereocenters. The summed E-state index contributed by atoms with van der Waals surface area (Å²) in [7, 11) is 0. The molecule has 1 aromatic carbocycles. The molecular formula is C13H14BrNS. The monoisotopic (exact) mass is 295 g/mol. The van der Waals surface area contributed by atoms with E-state index in [4.69, 9.17) is 5.73 Å². The Kier molecular flexibility index (Phi) is 4.16. The van der Waals surface area contributed by atoms with Crippen molar-refractivity contribution in [1.29, 1.82) is 0 Å². The molecule has 16 heavy (non-hydrogen) atoms. The van der Waals surface area contributed by atoms with Crippen molar-refractivity contribution in [3.05, 3.63) is 56.7 Å². The minimum absolute atomic E-state index is 0.413. The van der Waals surface area contributed by atoms with E-state index in [9.17, 15) is 0 Å². The van der Waals surface area contributed by atoms with Gasteiger partial charge in [-0.15, -0.1) is 11.3 Å². The molecule has 1 nitrogen and oxygen atoms in total. The Morgan fingerprint density at radius 2 is 2.12 bits per heavy atom. The van der Waals surface area contributed by atoms with Gasteiger partial charge < -0.3 is 5.73 Å². The van der Waals surface area contributed by atoms with Crippen molar-refractivity contribution < 1.29 is 0 Å². The first-order valence-corrected chi connectivity index (χ1v) is 6.95. The Morgan fingerprint density at radius 1 is 1.25 bits per heavy atom. The molecule has 0 saturated carbocycles. The van der Waals surface area contributed by atoms with Crippen molar-refractivity contribution in [2.75, 3.05) is 6.54 Å². The Bertz CT molecular complexity index is 439. The van der Waals surface area contributed by atoms with Crippen LogP contribution in [0, 0.1) is 0 Å². The van der Waals surface area contributed by atoms with Gasteiger partial charge in [0, 0.05) is 15.3 Å². The highest BCUT2D eigenvalue weighted by atomic mass is 79.9. The van der Waals surface area contributed by atoms with Crippen molar-refractivity contribution in [2.24, 2.45) is 5.73 Å². The smallest absolute Gasteiger partial charge is 0.0178 e. The van der Waals surface area contributed by atoms with Crippen LogP contribution >= 0.6 is 27.3 Å². The second-order valence-electron chi connectivity index (χ2n) is 3.77. The second kappa shape index (κ2) is 5.62. The summed E-state index contributed by atoms with van der Waals surface area (Å²) in [5.74, 6) is 0.413. The van der Waals surface area contributed by atoms with Gasteiger partial charge in [-0.1, -0.05) is 34.1 Å². The van der Waals surface area contributed by atoms with Gasteiger partial charge >= 0.3 is 0 Å². The highest BCUT2D eigenvalue weighted by molar-refractivity contribution is 9.10. The minimum Gasteiger partial charge on any atom is -0.330 e. The molecule has 0 saturated heterocycles. The summed E-state index contributed by atoms with van der Waals surface area (Å²) >= 11 is 5.30. The summed E-state index contributed by atoms with van der Waals surface area (Å²) in [5, 5.41) is 2.11. The SMILES string of the molecule is NCC(Cc1cccs1)c1cccc(Br)c1. The summed E-state index contributed by atoms with van der Waals surface area (Å²) in [6, 6.07) is 12.7. The van der Waals surface area contributed by atoms with E-state index in [0.29, 0.717) is 12.5 Å². The maximum Gasteiger partial charge on any atom is 0.0178 e. The van der Waals surface area contributed by atoms with Crippen LogP contribution in [-0.4, -0.2) is 6.54 Å². The second-order valence-corrected chi connectivity index (χ2v) is 5.72. The van der Waals surface area contributed by atoms with E-state index in [2.05, 4.69) is 51.6 Å². The van der Waals surface area contributed by atoms with Gasteiger partial charge in [-0.2, -0.15) is 0 Å². The highest BCUT2D eigenvalue weighted by Gasteiger charge is 2.11. The summed E-state index contributed by atoms with van der Waals surface area (Å²) in [6.45, 7) is 0.689. The van der Waals surface area contributed by atoms with E-state index in [0.717, 1.165) is 10.9 Å². The zero-order valence-corrected chi connectivity index (χ0v) is 11.3. The first kappa shape index (κ1) is 11.8. The summed E-state index contributed by atoms with van der Waals surface area (Å²) < 4.78 is 1.12. The highest BCUT2D eigenvalue weighted by Crippen LogP contribution is 2.24. The molecular weight excluding hydrogens is 282 g/mol. The lowest BCUT2D eigenvalue weighted by molar-refractivity contribution is 0.701. The normalized spacial score (nSPS) is 12.6. The van der Waals surface area contributed by atoms with Crippen LogP contribution in [0.4, 0.5) is 0 Å². The summed E-state index contributed by atoms with van der Waals surface area (Å²) in [5.41, 5.74) is 7.17. The lowest BCUT2D eigenvalue weighted by atomic mass is 9.95. The molecule has 1 heterocycles. The first-order chi connectivity index (χ1) is 7.79. The van der Waals surface area contributed by atoms with Crippen LogP contribution in [0.3, 0.4) is 0 Å². The van der Waals surface area contributed by atoms with Crippen molar-refractivity contribution in [1.82, 2.24) is 0 Å². The van der Waals surface area contributed by atoms with E-state index >= 15 is 0 Å². The average molecular weight is 296 g/mol.